The van der Waals surface area contributed by atoms with Crippen molar-refractivity contribution in [2.75, 3.05) is 6.61 Å². The number of benzene rings is 1. The van der Waals surface area contributed by atoms with E-state index in [0.717, 1.165) is 0 Å². The highest BCUT2D eigenvalue weighted by atomic mass is 19.2. The lowest BCUT2D eigenvalue weighted by atomic mass is 10.1. The lowest BCUT2D eigenvalue weighted by Crippen LogP contribution is -2.06. The third kappa shape index (κ3) is 0.978. The molecule has 0 saturated carbocycles. The van der Waals surface area contributed by atoms with Crippen molar-refractivity contribution in [3.05, 3.63) is 35.7 Å². The van der Waals surface area contributed by atoms with Gasteiger partial charge in [-0.25, -0.2) is 8.78 Å². The smallest absolute Gasteiger partial charge is 0.174 e. The predicted octanol–water partition coefficient (Wildman–Crippen LogP) is 2.69. The Morgan fingerprint density at radius 2 is 1.92 bits per heavy atom. The van der Waals surface area contributed by atoms with Crippen molar-refractivity contribution < 1.29 is 13.5 Å². The molecule has 1 heterocycles. The summed E-state index contributed by atoms with van der Waals surface area (Å²) in [4.78, 5) is 0. The van der Waals surface area contributed by atoms with Gasteiger partial charge >= 0.3 is 0 Å². The van der Waals surface area contributed by atoms with Crippen LogP contribution in [0.5, 0.6) is 5.75 Å². The molecule has 0 spiro atoms. The maximum Gasteiger partial charge on any atom is 0.174 e. The van der Waals surface area contributed by atoms with Crippen LogP contribution in [0.25, 0.3) is 5.83 Å². The summed E-state index contributed by atoms with van der Waals surface area (Å²) in [6, 6.07) is 6.46. The van der Waals surface area contributed by atoms with Gasteiger partial charge in [-0.3, -0.25) is 0 Å². The summed E-state index contributed by atoms with van der Waals surface area (Å²) < 4.78 is 30.6. The molecule has 0 aromatic heterocycles. The number of fused-ring (bicyclic) bond motifs is 1. The van der Waals surface area contributed by atoms with E-state index in [4.69, 9.17) is 4.74 Å². The molecule has 0 amide bonds. The highest BCUT2D eigenvalue weighted by molar-refractivity contribution is 5.68. The van der Waals surface area contributed by atoms with Crippen molar-refractivity contribution in [1.29, 1.82) is 0 Å². The first kappa shape index (κ1) is 7.28. The molecule has 0 N–H and O–H groups in total. The van der Waals surface area contributed by atoms with Crippen LogP contribution in [0.3, 0.4) is 0 Å². The number of halogens is 2. The Bertz CT molecular complexity index is 344. The fourth-order valence-electron chi connectivity index (χ4n) is 1.12. The van der Waals surface area contributed by atoms with E-state index in [1.54, 1.807) is 18.2 Å². The summed E-state index contributed by atoms with van der Waals surface area (Å²) in [6.45, 7) is -0.303. The van der Waals surface area contributed by atoms with Crippen molar-refractivity contribution in [3.63, 3.8) is 0 Å². The van der Waals surface area contributed by atoms with Crippen molar-refractivity contribution in [2.45, 2.75) is 0 Å². The van der Waals surface area contributed by atoms with Gasteiger partial charge in [0.1, 0.15) is 12.4 Å². The first-order chi connectivity index (χ1) is 5.79. The van der Waals surface area contributed by atoms with Gasteiger partial charge in [-0.1, -0.05) is 12.1 Å². The molecular formula is C9H6F2O. The normalized spacial score (nSPS) is 15.5. The van der Waals surface area contributed by atoms with Crippen LogP contribution in [0.4, 0.5) is 8.78 Å². The van der Waals surface area contributed by atoms with Gasteiger partial charge in [-0.15, -0.1) is 0 Å². The summed E-state index contributed by atoms with van der Waals surface area (Å²) in [5.74, 6) is -1.25. The Balaban J connectivity index is 2.59. The second-order valence-corrected chi connectivity index (χ2v) is 2.50. The summed E-state index contributed by atoms with van der Waals surface area (Å²) >= 11 is 0. The Hall–Kier alpha value is -1.38. The summed E-state index contributed by atoms with van der Waals surface area (Å²) in [5, 5.41) is 0. The van der Waals surface area contributed by atoms with E-state index in [1.807, 2.05) is 0 Å². The maximum absolute atomic E-state index is 13.0. The van der Waals surface area contributed by atoms with E-state index in [0.29, 0.717) is 5.75 Å². The molecule has 0 fully saturated rings. The third-order valence-corrected chi connectivity index (χ3v) is 1.72. The van der Waals surface area contributed by atoms with E-state index in [2.05, 4.69) is 0 Å². The van der Waals surface area contributed by atoms with E-state index in [9.17, 15) is 8.78 Å². The molecule has 1 aromatic rings. The van der Waals surface area contributed by atoms with E-state index >= 15 is 0 Å². The van der Waals surface area contributed by atoms with Crippen molar-refractivity contribution >= 4 is 5.83 Å². The topological polar surface area (TPSA) is 9.23 Å². The first-order valence-corrected chi connectivity index (χ1v) is 3.55. The molecule has 0 saturated heterocycles. The standard InChI is InChI=1S/C9H6F2O/c10-7-5-12-8-4-2-1-3-6(8)9(7)11/h1-4H,5H2. The average Bonchev–Trinajstić information content (AvgIpc) is 2.12. The van der Waals surface area contributed by atoms with Crippen LogP contribution in [0.15, 0.2) is 30.1 Å². The Morgan fingerprint density at radius 1 is 1.17 bits per heavy atom. The van der Waals surface area contributed by atoms with Crippen LogP contribution >= 0.6 is 0 Å². The minimum atomic E-state index is -0.839. The van der Waals surface area contributed by atoms with Gasteiger partial charge in [0, 0.05) is 0 Å². The Labute approximate surface area is 68.3 Å². The lowest BCUT2D eigenvalue weighted by molar-refractivity contribution is 0.306. The lowest BCUT2D eigenvalue weighted by Gasteiger charge is -2.14. The second kappa shape index (κ2) is 2.59. The van der Waals surface area contributed by atoms with Crippen LogP contribution in [0.2, 0.25) is 0 Å². The van der Waals surface area contributed by atoms with Gasteiger partial charge in [-0.05, 0) is 12.1 Å². The Morgan fingerprint density at radius 3 is 2.75 bits per heavy atom. The van der Waals surface area contributed by atoms with Crippen LogP contribution in [-0.2, 0) is 0 Å². The van der Waals surface area contributed by atoms with Gasteiger partial charge in [0.05, 0.1) is 5.56 Å². The van der Waals surface area contributed by atoms with Gasteiger partial charge in [-0.2, -0.15) is 0 Å². The SMILES string of the molecule is FC1=C(F)c2ccccc2OC1. The minimum absolute atomic E-state index is 0.196. The van der Waals surface area contributed by atoms with E-state index in [1.165, 1.54) is 6.07 Å². The third-order valence-electron chi connectivity index (χ3n) is 1.72. The quantitative estimate of drug-likeness (QED) is 0.578. The predicted molar refractivity (Wildman–Crippen MR) is 41.1 cm³/mol. The van der Waals surface area contributed by atoms with Gasteiger partial charge in [0.2, 0.25) is 0 Å². The second-order valence-electron chi connectivity index (χ2n) is 2.50. The van der Waals surface area contributed by atoms with E-state index < -0.39 is 11.7 Å². The zero-order valence-corrected chi connectivity index (χ0v) is 6.18. The molecule has 0 unspecified atom stereocenters. The number of rotatable bonds is 0. The molecule has 3 heteroatoms. The first-order valence-electron chi connectivity index (χ1n) is 3.55. The maximum atomic E-state index is 13.0. The van der Waals surface area contributed by atoms with Gasteiger partial charge in [0.15, 0.2) is 11.7 Å². The number of ether oxygens (including phenoxy) is 1. The van der Waals surface area contributed by atoms with Crippen LogP contribution in [0, 0.1) is 0 Å². The highest BCUT2D eigenvalue weighted by Gasteiger charge is 2.19. The van der Waals surface area contributed by atoms with Crippen LogP contribution < -0.4 is 4.74 Å². The molecule has 0 atom stereocenters. The van der Waals surface area contributed by atoms with E-state index in [-0.39, 0.29) is 12.2 Å². The fraction of sp³-hybridized carbons (Fsp3) is 0.111. The number of hydrogen-bond donors (Lipinski definition) is 0. The summed E-state index contributed by atoms with van der Waals surface area (Å²) in [6.07, 6.45) is 0. The van der Waals surface area contributed by atoms with Crippen molar-refractivity contribution in [1.82, 2.24) is 0 Å². The monoisotopic (exact) mass is 168 g/mol. The van der Waals surface area contributed by atoms with Crippen LogP contribution in [-0.4, -0.2) is 6.61 Å². The molecule has 1 aliphatic rings. The fourth-order valence-corrected chi connectivity index (χ4v) is 1.12. The molecule has 0 bridgehead atoms. The van der Waals surface area contributed by atoms with Gasteiger partial charge < -0.3 is 4.74 Å². The zero-order chi connectivity index (χ0) is 8.55. The summed E-state index contributed by atoms with van der Waals surface area (Å²) in [7, 11) is 0. The van der Waals surface area contributed by atoms with Gasteiger partial charge in [0.25, 0.3) is 0 Å². The van der Waals surface area contributed by atoms with Crippen LogP contribution in [0.1, 0.15) is 5.56 Å². The van der Waals surface area contributed by atoms with Crippen molar-refractivity contribution in [3.8, 4) is 5.75 Å². The molecule has 1 aliphatic heterocycles. The number of para-hydroxylation sites is 1. The van der Waals surface area contributed by atoms with Crippen molar-refractivity contribution in [2.24, 2.45) is 0 Å². The molecular weight excluding hydrogens is 162 g/mol. The molecule has 12 heavy (non-hydrogen) atoms. The number of hydrogen-bond acceptors (Lipinski definition) is 1. The molecule has 1 aromatic carbocycles. The highest BCUT2D eigenvalue weighted by Crippen LogP contribution is 2.33. The average molecular weight is 168 g/mol. The molecule has 62 valence electrons. The molecule has 1 nitrogen and oxygen atoms in total. The molecule has 0 aliphatic carbocycles. The minimum Gasteiger partial charge on any atom is -0.486 e. The molecule has 0 radical (unpaired) electrons. The largest absolute Gasteiger partial charge is 0.486 e. The Kier molecular flexibility index (Phi) is 1.57. The summed E-state index contributed by atoms with van der Waals surface area (Å²) in [5.41, 5.74) is 0.196. The molecule has 2 rings (SSSR count). The zero-order valence-electron chi connectivity index (χ0n) is 6.18.